The lowest BCUT2D eigenvalue weighted by atomic mass is 9.74. The summed E-state index contributed by atoms with van der Waals surface area (Å²) in [6, 6.07) is 9.73. The van der Waals surface area contributed by atoms with Gasteiger partial charge in [0.2, 0.25) is 5.79 Å². The molecule has 3 N–H and O–H groups in total. The molecule has 10 nitrogen and oxygen atoms in total. The highest BCUT2D eigenvalue weighted by Gasteiger charge is 2.57. The van der Waals surface area contributed by atoms with Crippen molar-refractivity contribution in [2.45, 2.75) is 172 Å². The second kappa shape index (κ2) is 19.8. The van der Waals surface area contributed by atoms with E-state index < -0.39 is 47.9 Å². The van der Waals surface area contributed by atoms with Gasteiger partial charge in [-0.3, -0.25) is 4.79 Å². The Morgan fingerprint density at radius 3 is 2.45 bits per heavy atom. The topological polar surface area (TPSA) is 133 Å². The monoisotopic (exact) mass is 740 g/mol. The number of carbonyl (C=O) groups is 1. The van der Waals surface area contributed by atoms with Crippen molar-refractivity contribution in [1.29, 1.82) is 0 Å². The fourth-order valence-corrected chi connectivity index (χ4v) is 8.05. The molecule has 2 unspecified atom stereocenters. The Kier molecular flexibility index (Phi) is 15.6. The van der Waals surface area contributed by atoms with E-state index in [0.29, 0.717) is 37.2 Å². The average Bonchev–Trinajstić information content (AvgIpc) is 3.12. The Balaban J connectivity index is 1.49. The van der Waals surface area contributed by atoms with E-state index in [-0.39, 0.29) is 44.2 Å². The number of carbonyl (C=O) groups excluding carboxylic acids is 1. The van der Waals surface area contributed by atoms with E-state index >= 15 is 0 Å². The van der Waals surface area contributed by atoms with Gasteiger partial charge in [-0.1, -0.05) is 95.5 Å². The normalized spacial score (nSPS) is 35.5. The third kappa shape index (κ3) is 12.0. The van der Waals surface area contributed by atoms with E-state index in [4.69, 9.17) is 28.4 Å². The minimum absolute atomic E-state index is 0.0131. The number of ether oxygens (including phenoxy) is 6. The van der Waals surface area contributed by atoms with Crippen molar-refractivity contribution in [2.24, 2.45) is 5.41 Å². The number of hydrogen-bond donors (Lipinski definition) is 3. The molecule has 6 bridgehead atoms. The molecule has 0 radical (unpaired) electrons. The van der Waals surface area contributed by atoms with Crippen LogP contribution in [0.3, 0.4) is 0 Å². The van der Waals surface area contributed by atoms with Crippen LogP contribution >= 0.6 is 0 Å². The largest absolute Gasteiger partial charge is 0.493 e. The van der Waals surface area contributed by atoms with Gasteiger partial charge in [0.15, 0.2) is 12.4 Å². The molecular weight excluding hydrogens is 676 g/mol. The lowest BCUT2D eigenvalue weighted by Crippen LogP contribution is -2.62. The molecule has 10 heteroatoms. The maximum absolute atomic E-state index is 13.5. The highest BCUT2D eigenvalue weighted by Crippen LogP contribution is 2.47. The first-order valence-corrected chi connectivity index (χ1v) is 20.1. The number of aliphatic hydroxyl groups is 3. The molecular formula is C43H64O10. The summed E-state index contributed by atoms with van der Waals surface area (Å²) in [5.74, 6) is -2.06. The van der Waals surface area contributed by atoms with Gasteiger partial charge in [-0.25, -0.2) is 0 Å². The zero-order valence-corrected chi connectivity index (χ0v) is 32.2. The van der Waals surface area contributed by atoms with Crippen molar-refractivity contribution in [1.82, 2.24) is 0 Å². The molecule has 0 aliphatic carbocycles. The minimum atomic E-state index is -2.03. The van der Waals surface area contributed by atoms with Crippen LogP contribution in [-0.4, -0.2) is 89.3 Å². The van der Waals surface area contributed by atoms with E-state index in [2.05, 4.69) is 13.5 Å². The third-order valence-electron chi connectivity index (χ3n) is 11.1. The zero-order chi connectivity index (χ0) is 37.8. The van der Waals surface area contributed by atoms with Gasteiger partial charge in [0.1, 0.15) is 6.10 Å². The molecule has 3 fully saturated rings. The van der Waals surface area contributed by atoms with Gasteiger partial charge in [-0.15, -0.1) is 0 Å². The van der Waals surface area contributed by atoms with Crippen LogP contribution in [0.25, 0.3) is 6.08 Å². The fraction of sp³-hybridized carbons (Fsp3) is 0.698. The molecule has 0 saturated carbocycles. The molecule has 53 heavy (non-hydrogen) atoms. The molecule has 3 saturated heterocycles. The molecule has 5 rings (SSSR count). The van der Waals surface area contributed by atoms with Gasteiger partial charge in [-0.05, 0) is 68.6 Å². The standard InChI is InChI=1S/C43H64O10/c1-5-6-7-8-12-18-39(46)52-41-32(24-31-14-10-9-11-15-31)25-37-28-38(29-44)49-30(2)23-33(45)26-34-16-13-17-35(50-34)27-36-20-22-48-40(51-36)19-21-42(3,4)43(41,47)53-37/h9-11,14-15,19,21,24,33-38,40-41,44-45,47H,2,5-8,12-13,16-18,20,22-23,25-29H2,1,3-4H3/b21-19+,32-24+/t33-,34-,35+,36-,37?,38?,40-,41-,43+/m0/s1. The number of esters is 1. The first-order chi connectivity index (χ1) is 25.5. The molecule has 296 valence electrons. The molecule has 4 aliphatic heterocycles. The Morgan fingerprint density at radius 2 is 1.70 bits per heavy atom. The average molecular weight is 741 g/mol. The summed E-state index contributed by atoms with van der Waals surface area (Å²) in [5, 5.41) is 34.4. The third-order valence-corrected chi connectivity index (χ3v) is 11.1. The number of benzene rings is 1. The Morgan fingerprint density at radius 1 is 0.962 bits per heavy atom. The van der Waals surface area contributed by atoms with Crippen LogP contribution in [0, 0.1) is 5.41 Å². The summed E-state index contributed by atoms with van der Waals surface area (Å²) in [4.78, 5) is 13.5. The number of rotatable bonds is 9. The second-order valence-electron chi connectivity index (χ2n) is 16.0. The van der Waals surface area contributed by atoms with Gasteiger partial charge < -0.3 is 43.7 Å². The number of hydrogen-bond acceptors (Lipinski definition) is 10. The fourth-order valence-electron chi connectivity index (χ4n) is 8.05. The van der Waals surface area contributed by atoms with Crippen molar-refractivity contribution in [3.8, 4) is 0 Å². The van der Waals surface area contributed by atoms with Crippen LogP contribution in [0.15, 0.2) is 60.4 Å². The van der Waals surface area contributed by atoms with Crippen LogP contribution in [0.1, 0.15) is 123 Å². The van der Waals surface area contributed by atoms with E-state index in [0.717, 1.165) is 63.4 Å². The molecule has 9 atom stereocenters. The summed E-state index contributed by atoms with van der Waals surface area (Å²) in [7, 11) is 0. The summed E-state index contributed by atoms with van der Waals surface area (Å²) in [6.45, 7) is 10.1. The van der Waals surface area contributed by atoms with E-state index in [1.165, 1.54) is 0 Å². The summed E-state index contributed by atoms with van der Waals surface area (Å²) in [5.41, 5.74) is 0.458. The minimum Gasteiger partial charge on any atom is -0.493 e. The second-order valence-corrected chi connectivity index (χ2v) is 16.0. The van der Waals surface area contributed by atoms with Gasteiger partial charge in [0.25, 0.3) is 0 Å². The smallest absolute Gasteiger partial charge is 0.306 e. The summed E-state index contributed by atoms with van der Waals surface area (Å²) < 4.78 is 37.9. The van der Waals surface area contributed by atoms with E-state index in [9.17, 15) is 20.1 Å². The number of aliphatic hydroxyl groups excluding tert-OH is 2. The molecule has 4 aliphatic rings. The van der Waals surface area contributed by atoms with Crippen molar-refractivity contribution < 1.29 is 48.5 Å². The number of unbranched alkanes of at least 4 members (excludes halogenated alkanes) is 4. The van der Waals surface area contributed by atoms with Crippen molar-refractivity contribution >= 4 is 12.0 Å². The molecule has 0 amide bonds. The first kappa shape index (κ1) is 41.6. The highest BCUT2D eigenvalue weighted by atomic mass is 16.7. The Labute approximate surface area is 316 Å². The van der Waals surface area contributed by atoms with Gasteiger partial charge in [0, 0.05) is 24.7 Å². The molecule has 0 spiro atoms. The van der Waals surface area contributed by atoms with Crippen molar-refractivity contribution in [2.75, 3.05) is 13.2 Å². The maximum Gasteiger partial charge on any atom is 0.306 e. The van der Waals surface area contributed by atoms with Crippen LogP contribution in [0.5, 0.6) is 0 Å². The molecule has 4 heterocycles. The predicted molar refractivity (Wildman–Crippen MR) is 202 cm³/mol. The quantitative estimate of drug-likeness (QED) is 0.135. The zero-order valence-electron chi connectivity index (χ0n) is 32.2. The lowest BCUT2D eigenvalue weighted by Gasteiger charge is -2.51. The van der Waals surface area contributed by atoms with Crippen LogP contribution < -0.4 is 0 Å². The van der Waals surface area contributed by atoms with E-state index in [1.54, 1.807) is 0 Å². The SMILES string of the molecule is C=C1C[C@H](O)C[C@@H]2CCC[C@H](C[C@@H]3CCO[C@H](/C=C/C(C)(C)[C@]4(O)OC(C/C(=C\c5ccccc5)[C@@H]4OC(=O)CCCCCCC)CC(CO)O1)O3)O2. The van der Waals surface area contributed by atoms with Crippen molar-refractivity contribution in [3.05, 3.63) is 66.0 Å². The van der Waals surface area contributed by atoms with Gasteiger partial charge in [0.05, 0.1) is 49.5 Å². The number of fused-ring (bicyclic) bond motifs is 6. The molecule has 0 aromatic heterocycles. The predicted octanol–water partition coefficient (Wildman–Crippen LogP) is 7.30. The summed E-state index contributed by atoms with van der Waals surface area (Å²) in [6.07, 6.45) is 12.2. The Bertz CT molecular complexity index is 1360. The van der Waals surface area contributed by atoms with Crippen LogP contribution in [-0.2, 0) is 33.2 Å². The van der Waals surface area contributed by atoms with Crippen molar-refractivity contribution in [3.63, 3.8) is 0 Å². The Hall–Kier alpha value is -2.57. The highest BCUT2D eigenvalue weighted by molar-refractivity contribution is 5.70. The lowest BCUT2D eigenvalue weighted by molar-refractivity contribution is -0.327. The first-order valence-electron chi connectivity index (χ1n) is 20.1. The molecule has 1 aromatic rings. The van der Waals surface area contributed by atoms with Gasteiger partial charge >= 0.3 is 5.97 Å². The van der Waals surface area contributed by atoms with Crippen LogP contribution in [0.2, 0.25) is 0 Å². The maximum atomic E-state index is 13.5. The van der Waals surface area contributed by atoms with Gasteiger partial charge in [-0.2, -0.15) is 0 Å². The van der Waals surface area contributed by atoms with E-state index in [1.807, 2.05) is 62.4 Å². The summed E-state index contributed by atoms with van der Waals surface area (Å²) >= 11 is 0. The van der Waals surface area contributed by atoms with Crippen LogP contribution in [0.4, 0.5) is 0 Å². The molecule has 1 aromatic carbocycles.